The summed E-state index contributed by atoms with van der Waals surface area (Å²) >= 11 is 0. The van der Waals surface area contributed by atoms with Crippen LogP contribution in [0.2, 0.25) is 0 Å². The van der Waals surface area contributed by atoms with Gasteiger partial charge in [0.05, 0.1) is 6.61 Å². The lowest BCUT2D eigenvalue weighted by Crippen LogP contribution is -2.44. The van der Waals surface area contributed by atoms with Crippen molar-refractivity contribution in [2.45, 2.75) is 52.6 Å². The number of ether oxygens (including phenoxy) is 1. The zero-order valence-corrected chi connectivity index (χ0v) is 10.8. The zero-order chi connectivity index (χ0) is 12.6. The number of carboxylic acid groups (broad SMARTS) is 1. The lowest BCUT2D eigenvalue weighted by molar-refractivity contribution is -0.141. The Morgan fingerprint density at radius 3 is 2.38 bits per heavy atom. The highest BCUT2D eigenvalue weighted by Gasteiger charge is 2.17. The lowest BCUT2D eigenvalue weighted by Gasteiger charge is -2.17. The second-order valence-electron chi connectivity index (χ2n) is 4.82. The quantitative estimate of drug-likeness (QED) is 0.595. The number of hydrogen-bond acceptors (Lipinski definition) is 3. The molecule has 0 aliphatic rings. The molecule has 0 aliphatic carbocycles. The maximum absolute atomic E-state index is 10.9. The number of carbonyl (C=O) groups is 1. The van der Waals surface area contributed by atoms with Crippen molar-refractivity contribution in [3.05, 3.63) is 0 Å². The van der Waals surface area contributed by atoms with Gasteiger partial charge in [0.15, 0.2) is 0 Å². The van der Waals surface area contributed by atoms with Crippen LogP contribution in [0, 0.1) is 5.92 Å². The van der Waals surface area contributed by atoms with Gasteiger partial charge in [-0.1, -0.05) is 27.7 Å². The summed E-state index contributed by atoms with van der Waals surface area (Å²) in [6.07, 6.45) is 2.11. The molecule has 0 saturated carbocycles. The molecule has 1 unspecified atom stereocenters. The molecule has 96 valence electrons. The number of hydrogen-bond donors (Lipinski definition) is 2. The smallest absolute Gasteiger partial charge is 0.323 e. The fourth-order valence-electron chi connectivity index (χ4n) is 1.39. The predicted molar refractivity (Wildman–Crippen MR) is 64.6 cm³/mol. The summed E-state index contributed by atoms with van der Waals surface area (Å²) in [6, 6.07) is -0.445. The van der Waals surface area contributed by atoms with Gasteiger partial charge in [0, 0.05) is 12.6 Å². The van der Waals surface area contributed by atoms with E-state index in [0.717, 1.165) is 12.8 Å². The molecule has 0 aromatic heterocycles. The first-order valence-electron chi connectivity index (χ1n) is 6.00. The molecule has 4 heteroatoms. The molecular weight excluding hydrogens is 206 g/mol. The molecule has 0 fully saturated rings. The maximum atomic E-state index is 10.9. The van der Waals surface area contributed by atoms with Crippen LogP contribution >= 0.6 is 0 Å². The highest BCUT2D eigenvalue weighted by atomic mass is 16.5. The van der Waals surface area contributed by atoms with Crippen LogP contribution in [0.1, 0.15) is 40.5 Å². The summed E-state index contributed by atoms with van der Waals surface area (Å²) in [7, 11) is 0. The highest BCUT2D eigenvalue weighted by Crippen LogP contribution is 2.03. The first kappa shape index (κ1) is 15.4. The average molecular weight is 231 g/mol. The summed E-state index contributed by atoms with van der Waals surface area (Å²) in [4.78, 5) is 10.9. The molecule has 0 aromatic rings. The van der Waals surface area contributed by atoms with Crippen molar-refractivity contribution in [2.75, 3.05) is 13.2 Å². The Kier molecular flexibility index (Phi) is 8.21. The Morgan fingerprint density at radius 2 is 1.94 bits per heavy atom. The van der Waals surface area contributed by atoms with Gasteiger partial charge in [0.25, 0.3) is 0 Å². The fourth-order valence-corrected chi connectivity index (χ4v) is 1.39. The molecule has 0 aliphatic heterocycles. The third-order valence-corrected chi connectivity index (χ3v) is 2.19. The van der Waals surface area contributed by atoms with E-state index in [1.165, 1.54) is 0 Å². The molecule has 4 nitrogen and oxygen atoms in total. The van der Waals surface area contributed by atoms with E-state index in [1.54, 1.807) is 0 Å². The lowest BCUT2D eigenvalue weighted by atomic mass is 10.1. The summed E-state index contributed by atoms with van der Waals surface area (Å²) in [5, 5.41) is 11.9. The van der Waals surface area contributed by atoms with Crippen molar-refractivity contribution in [3.63, 3.8) is 0 Å². The second kappa shape index (κ2) is 8.53. The topological polar surface area (TPSA) is 58.6 Å². The Hall–Kier alpha value is -0.610. The van der Waals surface area contributed by atoms with Crippen molar-refractivity contribution in [3.8, 4) is 0 Å². The van der Waals surface area contributed by atoms with Crippen LogP contribution in [-0.4, -0.2) is 36.4 Å². The maximum Gasteiger partial charge on any atom is 0.323 e. The van der Waals surface area contributed by atoms with Gasteiger partial charge in [-0.25, -0.2) is 0 Å². The summed E-state index contributed by atoms with van der Waals surface area (Å²) in [6.45, 7) is 9.07. The van der Waals surface area contributed by atoms with Gasteiger partial charge in [0.1, 0.15) is 6.04 Å². The standard InChI is InChI=1S/C12H25NO3/c1-9(2)6-5-7-16-8-11(12(14)15)13-10(3)4/h9-11,13H,5-8H2,1-4H3,(H,14,15). The molecular formula is C12H25NO3. The average Bonchev–Trinajstić information content (AvgIpc) is 2.14. The van der Waals surface area contributed by atoms with Gasteiger partial charge in [-0.15, -0.1) is 0 Å². The van der Waals surface area contributed by atoms with Crippen molar-refractivity contribution >= 4 is 5.97 Å². The molecule has 1 atom stereocenters. The molecule has 0 saturated heterocycles. The van der Waals surface area contributed by atoms with Crippen LogP contribution in [-0.2, 0) is 9.53 Å². The molecule has 0 bridgehead atoms. The molecule has 0 heterocycles. The van der Waals surface area contributed by atoms with E-state index in [-0.39, 0.29) is 12.6 Å². The Balaban J connectivity index is 3.64. The van der Waals surface area contributed by atoms with E-state index >= 15 is 0 Å². The van der Waals surface area contributed by atoms with Crippen LogP contribution in [0.25, 0.3) is 0 Å². The van der Waals surface area contributed by atoms with Gasteiger partial charge >= 0.3 is 5.97 Å². The van der Waals surface area contributed by atoms with Gasteiger partial charge in [-0.2, -0.15) is 0 Å². The van der Waals surface area contributed by atoms with Gasteiger partial charge in [0.2, 0.25) is 0 Å². The minimum Gasteiger partial charge on any atom is -0.480 e. The van der Waals surface area contributed by atoms with Crippen LogP contribution in [0.15, 0.2) is 0 Å². The number of aliphatic carboxylic acids is 1. The fraction of sp³-hybridized carbons (Fsp3) is 0.917. The molecule has 0 aromatic carbocycles. The van der Waals surface area contributed by atoms with E-state index in [4.69, 9.17) is 9.84 Å². The predicted octanol–water partition coefficient (Wildman–Crippen LogP) is 1.89. The third-order valence-electron chi connectivity index (χ3n) is 2.19. The first-order valence-corrected chi connectivity index (χ1v) is 6.00. The van der Waals surface area contributed by atoms with E-state index in [1.807, 2.05) is 13.8 Å². The number of nitrogens with one attached hydrogen (secondary N) is 1. The molecule has 0 radical (unpaired) electrons. The molecule has 0 spiro atoms. The largest absolute Gasteiger partial charge is 0.480 e. The van der Waals surface area contributed by atoms with E-state index in [9.17, 15) is 4.79 Å². The molecule has 0 amide bonds. The van der Waals surface area contributed by atoms with Crippen molar-refractivity contribution in [1.82, 2.24) is 5.32 Å². The summed E-state index contributed by atoms with van der Waals surface area (Å²) in [5.74, 6) is -0.176. The van der Waals surface area contributed by atoms with Crippen LogP contribution in [0.3, 0.4) is 0 Å². The number of carboxylic acids is 1. The SMILES string of the molecule is CC(C)CCCOCC(NC(C)C)C(=O)O. The van der Waals surface area contributed by atoms with E-state index in [0.29, 0.717) is 12.5 Å². The highest BCUT2D eigenvalue weighted by molar-refractivity contribution is 5.73. The second-order valence-corrected chi connectivity index (χ2v) is 4.82. The Morgan fingerprint density at radius 1 is 1.31 bits per heavy atom. The van der Waals surface area contributed by atoms with Crippen LogP contribution < -0.4 is 5.32 Å². The van der Waals surface area contributed by atoms with E-state index < -0.39 is 12.0 Å². The minimum atomic E-state index is -0.849. The van der Waals surface area contributed by atoms with Crippen molar-refractivity contribution in [1.29, 1.82) is 0 Å². The van der Waals surface area contributed by atoms with Gasteiger partial charge in [-0.05, 0) is 18.8 Å². The van der Waals surface area contributed by atoms with Crippen LogP contribution in [0.4, 0.5) is 0 Å². The summed E-state index contributed by atoms with van der Waals surface area (Å²) < 4.78 is 5.37. The third kappa shape index (κ3) is 8.68. The first-order chi connectivity index (χ1) is 7.43. The van der Waals surface area contributed by atoms with Crippen LogP contribution in [0.5, 0.6) is 0 Å². The Labute approximate surface area is 98.4 Å². The monoisotopic (exact) mass is 231 g/mol. The van der Waals surface area contributed by atoms with Crippen molar-refractivity contribution in [2.24, 2.45) is 5.92 Å². The molecule has 0 rings (SSSR count). The van der Waals surface area contributed by atoms with Gasteiger partial charge < -0.3 is 15.2 Å². The normalized spacial score (nSPS) is 13.4. The molecule has 2 N–H and O–H groups in total. The minimum absolute atomic E-state index is 0.153. The Bertz CT molecular complexity index is 193. The zero-order valence-electron chi connectivity index (χ0n) is 10.8. The van der Waals surface area contributed by atoms with Crippen molar-refractivity contribution < 1.29 is 14.6 Å². The number of rotatable bonds is 9. The van der Waals surface area contributed by atoms with Gasteiger partial charge in [-0.3, -0.25) is 4.79 Å². The molecule has 16 heavy (non-hydrogen) atoms. The van der Waals surface area contributed by atoms with E-state index in [2.05, 4.69) is 19.2 Å². The summed E-state index contributed by atoms with van der Waals surface area (Å²) in [5.41, 5.74) is 0.